The molecule has 0 unspecified atom stereocenters. The average Bonchev–Trinajstić information content (AvgIpc) is 2.80. The molecule has 1 heterocycles. The molecule has 1 aliphatic rings. The van der Waals surface area contributed by atoms with Crippen molar-refractivity contribution in [2.24, 2.45) is 0 Å². The summed E-state index contributed by atoms with van der Waals surface area (Å²) in [7, 11) is -0.530. The van der Waals surface area contributed by atoms with E-state index >= 15 is 0 Å². The van der Waals surface area contributed by atoms with Crippen LogP contribution in [-0.4, -0.2) is 79.9 Å². The molecule has 3 rings (SSSR count). The molecule has 0 saturated carbocycles. The third-order valence-electron chi connectivity index (χ3n) is 5.12. The fourth-order valence-electron chi connectivity index (χ4n) is 3.23. The van der Waals surface area contributed by atoms with E-state index in [9.17, 15) is 22.8 Å². The molecule has 176 valence electrons. The topological polar surface area (TPSA) is 107 Å². The molecule has 0 atom stereocenters. The summed E-state index contributed by atoms with van der Waals surface area (Å²) in [5.41, 5.74) is 0.633. The second kappa shape index (κ2) is 10.4. The van der Waals surface area contributed by atoms with Gasteiger partial charge in [0.2, 0.25) is 15.9 Å². The lowest BCUT2D eigenvalue weighted by atomic mass is 10.2. The van der Waals surface area contributed by atoms with Gasteiger partial charge in [0.15, 0.2) is 0 Å². The number of hydrogen-bond donors (Lipinski definition) is 1. The Labute approximate surface area is 197 Å². The minimum Gasteiger partial charge on any atom is -0.340 e. The third-order valence-corrected chi connectivity index (χ3v) is 8.13. The first-order valence-corrected chi connectivity index (χ1v) is 12.5. The van der Waals surface area contributed by atoms with Gasteiger partial charge in [-0.1, -0.05) is 18.2 Å². The van der Waals surface area contributed by atoms with Crippen molar-refractivity contribution >= 4 is 44.5 Å². The zero-order chi connectivity index (χ0) is 24.2. The predicted molar refractivity (Wildman–Crippen MR) is 127 cm³/mol. The van der Waals surface area contributed by atoms with E-state index in [-0.39, 0.29) is 34.7 Å². The van der Waals surface area contributed by atoms with Crippen molar-refractivity contribution in [2.75, 3.05) is 45.6 Å². The summed E-state index contributed by atoms with van der Waals surface area (Å²) in [5, 5.41) is 2.58. The molecular formula is C22H26N4O5S2. The highest BCUT2D eigenvalue weighted by Crippen LogP contribution is 2.29. The molecule has 0 spiro atoms. The van der Waals surface area contributed by atoms with Gasteiger partial charge in [-0.3, -0.25) is 14.4 Å². The Balaban J connectivity index is 1.77. The number of para-hydroxylation sites is 1. The van der Waals surface area contributed by atoms with Crippen LogP contribution in [0.3, 0.4) is 0 Å². The summed E-state index contributed by atoms with van der Waals surface area (Å²) in [4.78, 5) is 40.1. The van der Waals surface area contributed by atoms with Gasteiger partial charge >= 0.3 is 0 Å². The van der Waals surface area contributed by atoms with Crippen LogP contribution in [0.5, 0.6) is 0 Å². The largest absolute Gasteiger partial charge is 0.340 e. The lowest BCUT2D eigenvalue weighted by molar-refractivity contribution is -0.129. The Bertz CT molecular complexity index is 1160. The molecule has 1 aliphatic heterocycles. The zero-order valence-electron chi connectivity index (χ0n) is 18.6. The molecule has 0 aromatic heterocycles. The van der Waals surface area contributed by atoms with E-state index in [4.69, 9.17) is 0 Å². The summed E-state index contributed by atoms with van der Waals surface area (Å²) in [6, 6.07) is 12.7. The van der Waals surface area contributed by atoms with Crippen molar-refractivity contribution in [2.45, 2.75) is 16.7 Å². The number of benzene rings is 2. The second-order valence-electron chi connectivity index (χ2n) is 7.65. The molecule has 9 nitrogen and oxygen atoms in total. The van der Waals surface area contributed by atoms with Crippen LogP contribution in [0.15, 0.2) is 58.3 Å². The van der Waals surface area contributed by atoms with E-state index in [1.54, 1.807) is 43.3 Å². The van der Waals surface area contributed by atoms with Crippen molar-refractivity contribution in [1.29, 1.82) is 0 Å². The molecule has 1 N–H and O–H groups in total. The van der Waals surface area contributed by atoms with Crippen LogP contribution < -0.4 is 5.32 Å². The van der Waals surface area contributed by atoms with Gasteiger partial charge in [0.1, 0.15) is 0 Å². The molecule has 3 amide bonds. The molecule has 0 radical (unpaired) electrons. The van der Waals surface area contributed by atoms with E-state index in [0.717, 1.165) is 11.8 Å². The summed E-state index contributed by atoms with van der Waals surface area (Å²) in [6.07, 6.45) is 0. The first kappa shape index (κ1) is 24.7. The molecule has 1 fully saturated rings. The number of amides is 3. The van der Waals surface area contributed by atoms with Gasteiger partial charge < -0.3 is 15.1 Å². The highest BCUT2D eigenvalue weighted by Gasteiger charge is 2.29. The average molecular weight is 491 g/mol. The number of anilines is 1. The maximum absolute atomic E-state index is 13.1. The molecular weight excluding hydrogens is 464 g/mol. The Hall–Kier alpha value is -2.89. The van der Waals surface area contributed by atoms with E-state index in [1.165, 1.54) is 40.4 Å². The smallest absolute Gasteiger partial charge is 0.286 e. The predicted octanol–water partition coefficient (Wildman–Crippen LogP) is 2.57. The maximum atomic E-state index is 13.1. The van der Waals surface area contributed by atoms with Crippen molar-refractivity contribution < 1.29 is 22.8 Å². The highest BCUT2D eigenvalue weighted by molar-refractivity contribution is 8.13. The highest BCUT2D eigenvalue weighted by atomic mass is 32.2. The van der Waals surface area contributed by atoms with Crippen LogP contribution in [0.25, 0.3) is 0 Å². The number of nitrogens with zero attached hydrogens (tertiary/aromatic N) is 3. The summed E-state index contributed by atoms with van der Waals surface area (Å²) in [6.45, 7) is 2.51. The molecule has 0 bridgehead atoms. The second-order valence-corrected chi connectivity index (χ2v) is 10.6. The zero-order valence-corrected chi connectivity index (χ0v) is 20.3. The quantitative estimate of drug-likeness (QED) is 0.646. The lowest BCUT2D eigenvalue weighted by Crippen LogP contribution is -2.49. The normalized spacial score (nSPS) is 14.6. The Morgan fingerprint density at radius 1 is 0.970 bits per heavy atom. The monoisotopic (exact) mass is 490 g/mol. The van der Waals surface area contributed by atoms with Crippen LogP contribution in [-0.2, 0) is 14.8 Å². The number of carbonyl (C=O) groups is 3. The van der Waals surface area contributed by atoms with Gasteiger partial charge in [0, 0.05) is 57.7 Å². The molecule has 0 aliphatic carbocycles. The number of thioether (sulfide) groups is 1. The summed E-state index contributed by atoms with van der Waals surface area (Å²) < 4.78 is 27.5. The lowest BCUT2D eigenvalue weighted by Gasteiger charge is -2.33. The molecule has 2 aromatic carbocycles. The Morgan fingerprint density at radius 3 is 2.27 bits per heavy atom. The minimum atomic E-state index is -3.81. The van der Waals surface area contributed by atoms with E-state index in [1.807, 2.05) is 0 Å². The Kier molecular flexibility index (Phi) is 7.77. The van der Waals surface area contributed by atoms with Gasteiger partial charge in [-0.2, -0.15) is 4.31 Å². The van der Waals surface area contributed by atoms with Crippen molar-refractivity contribution in [3.8, 4) is 0 Å². The molecule has 11 heteroatoms. The number of hydrogen-bond acceptors (Lipinski definition) is 6. The van der Waals surface area contributed by atoms with Gasteiger partial charge in [-0.25, -0.2) is 8.42 Å². The van der Waals surface area contributed by atoms with Gasteiger partial charge in [-0.15, -0.1) is 0 Å². The van der Waals surface area contributed by atoms with E-state index in [2.05, 4.69) is 5.32 Å². The van der Waals surface area contributed by atoms with Crippen molar-refractivity contribution in [3.05, 3.63) is 54.1 Å². The molecule has 1 saturated heterocycles. The van der Waals surface area contributed by atoms with Crippen molar-refractivity contribution in [1.82, 2.24) is 14.1 Å². The fourth-order valence-corrected chi connectivity index (χ4v) is 5.44. The fraction of sp³-hybridized carbons (Fsp3) is 0.318. The minimum absolute atomic E-state index is 0.0110. The number of nitrogens with one attached hydrogen (secondary N) is 1. The van der Waals surface area contributed by atoms with Gasteiger partial charge in [0.25, 0.3) is 11.1 Å². The SMILES string of the molecule is CC(=O)N1CCN(S(=O)(=O)c2cccc(C(=O)Nc3ccccc3SC(=O)N(C)C)c2)CC1. The molecule has 33 heavy (non-hydrogen) atoms. The maximum Gasteiger partial charge on any atom is 0.286 e. The standard InChI is InChI=1S/C22H26N4O5S2/c1-16(27)25-11-13-26(14-12-25)33(30,31)18-8-6-7-17(15-18)21(28)23-19-9-4-5-10-20(19)32-22(29)24(2)3/h4-10,15H,11-14H2,1-3H3,(H,23,28). The third kappa shape index (κ3) is 5.92. The number of carbonyl (C=O) groups excluding carboxylic acids is 3. The molecule has 2 aromatic rings. The number of piperazine rings is 1. The summed E-state index contributed by atoms with van der Waals surface area (Å²) in [5.74, 6) is -0.574. The number of rotatable bonds is 5. The first-order chi connectivity index (χ1) is 15.6. The summed E-state index contributed by atoms with van der Waals surface area (Å²) >= 11 is 0.986. The van der Waals surface area contributed by atoms with E-state index < -0.39 is 15.9 Å². The van der Waals surface area contributed by atoms with Crippen LogP contribution in [0, 0.1) is 0 Å². The van der Waals surface area contributed by atoms with Crippen LogP contribution in [0.2, 0.25) is 0 Å². The van der Waals surface area contributed by atoms with Crippen LogP contribution >= 0.6 is 11.8 Å². The number of sulfonamides is 1. The Morgan fingerprint density at radius 2 is 1.64 bits per heavy atom. The van der Waals surface area contributed by atoms with E-state index in [0.29, 0.717) is 23.7 Å². The van der Waals surface area contributed by atoms with Crippen LogP contribution in [0.4, 0.5) is 10.5 Å². The van der Waals surface area contributed by atoms with Gasteiger partial charge in [-0.05, 0) is 42.1 Å². The van der Waals surface area contributed by atoms with Crippen LogP contribution in [0.1, 0.15) is 17.3 Å². The van der Waals surface area contributed by atoms with Gasteiger partial charge in [0.05, 0.1) is 10.6 Å². The van der Waals surface area contributed by atoms with Crippen molar-refractivity contribution in [3.63, 3.8) is 0 Å². The first-order valence-electron chi connectivity index (χ1n) is 10.2.